The molecule has 1 aromatic rings. The Kier molecular flexibility index (Phi) is 4.58. The van der Waals surface area contributed by atoms with Gasteiger partial charge >= 0.3 is 5.97 Å². The second kappa shape index (κ2) is 6.07. The Morgan fingerprint density at radius 2 is 2.14 bits per heavy atom. The van der Waals surface area contributed by atoms with Crippen molar-refractivity contribution < 1.29 is 23.1 Å². The second-order valence-electron chi connectivity index (χ2n) is 4.62. The number of carboxylic acid groups (broad SMARTS) is 1. The lowest BCUT2D eigenvalue weighted by Crippen LogP contribution is -2.28. The standard InChI is InChI=1S/C13H15NO5S2/c1-2-10-13(17)14-9-7-8(3-4-11(9)20-10)21(18,19)6-5-12(15)16/h3-4,7,10H,2,5-6H2,1H3,(H,14,17)(H,15,16)/t10-/m1/s1. The molecule has 0 spiro atoms. The molecule has 1 atom stereocenters. The average Bonchev–Trinajstić information content (AvgIpc) is 2.44. The number of nitrogens with one attached hydrogen (secondary N) is 1. The lowest BCUT2D eigenvalue weighted by molar-refractivity contribution is -0.136. The van der Waals surface area contributed by atoms with Crippen LogP contribution in [0.3, 0.4) is 0 Å². The van der Waals surface area contributed by atoms with Gasteiger partial charge in [-0.15, -0.1) is 11.8 Å². The van der Waals surface area contributed by atoms with Gasteiger partial charge in [-0.05, 0) is 24.6 Å². The van der Waals surface area contributed by atoms with Crippen LogP contribution in [0, 0.1) is 0 Å². The molecule has 2 rings (SSSR count). The Morgan fingerprint density at radius 1 is 1.43 bits per heavy atom. The fourth-order valence-electron chi connectivity index (χ4n) is 1.93. The topological polar surface area (TPSA) is 101 Å². The first kappa shape index (κ1) is 15.8. The van der Waals surface area contributed by atoms with Crippen LogP contribution >= 0.6 is 11.8 Å². The maximum atomic E-state index is 12.0. The number of carbonyl (C=O) groups is 2. The molecule has 21 heavy (non-hydrogen) atoms. The first-order valence-corrected chi connectivity index (χ1v) is 8.93. The average molecular weight is 329 g/mol. The van der Waals surface area contributed by atoms with Crippen LogP contribution in [0.2, 0.25) is 0 Å². The van der Waals surface area contributed by atoms with E-state index in [1.807, 2.05) is 6.92 Å². The summed E-state index contributed by atoms with van der Waals surface area (Å²) in [4.78, 5) is 23.1. The summed E-state index contributed by atoms with van der Waals surface area (Å²) in [7, 11) is -3.67. The van der Waals surface area contributed by atoms with Crippen molar-refractivity contribution in [2.75, 3.05) is 11.1 Å². The van der Waals surface area contributed by atoms with E-state index in [0.29, 0.717) is 12.1 Å². The highest BCUT2D eigenvalue weighted by atomic mass is 32.2. The Bertz CT molecular complexity index is 684. The number of rotatable bonds is 5. The third-order valence-electron chi connectivity index (χ3n) is 3.09. The first-order valence-electron chi connectivity index (χ1n) is 6.39. The molecular weight excluding hydrogens is 314 g/mol. The van der Waals surface area contributed by atoms with E-state index in [1.165, 1.54) is 23.9 Å². The highest BCUT2D eigenvalue weighted by Gasteiger charge is 2.27. The number of hydrogen-bond acceptors (Lipinski definition) is 5. The van der Waals surface area contributed by atoms with Gasteiger partial charge in [0.25, 0.3) is 0 Å². The van der Waals surface area contributed by atoms with E-state index >= 15 is 0 Å². The van der Waals surface area contributed by atoms with Crippen molar-refractivity contribution in [3.05, 3.63) is 18.2 Å². The predicted molar refractivity (Wildman–Crippen MR) is 79.3 cm³/mol. The summed E-state index contributed by atoms with van der Waals surface area (Å²) in [5.74, 6) is -1.76. The minimum absolute atomic E-state index is 0.0262. The number of sulfone groups is 1. The van der Waals surface area contributed by atoms with Gasteiger partial charge in [0, 0.05) is 4.90 Å². The molecule has 0 saturated carbocycles. The third kappa shape index (κ3) is 3.56. The molecule has 1 aliphatic heterocycles. The molecule has 8 heteroatoms. The number of benzene rings is 1. The number of carboxylic acids is 1. The Labute approximate surface area is 126 Å². The Morgan fingerprint density at radius 3 is 2.76 bits per heavy atom. The molecule has 0 unspecified atom stereocenters. The van der Waals surface area contributed by atoms with E-state index in [1.54, 1.807) is 6.07 Å². The lowest BCUT2D eigenvalue weighted by atomic mass is 10.2. The molecule has 6 nitrogen and oxygen atoms in total. The number of carbonyl (C=O) groups excluding carboxylic acids is 1. The van der Waals surface area contributed by atoms with E-state index in [0.717, 1.165) is 4.90 Å². The van der Waals surface area contributed by atoms with Gasteiger partial charge in [0.2, 0.25) is 5.91 Å². The van der Waals surface area contributed by atoms with Crippen molar-refractivity contribution in [1.29, 1.82) is 0 Å². The van der Waals surface area contributed by atoms with Crippen molar-refractivity contribution in [3.63, 3.8) is 0 Å². The van der Waals surface area contributed by atoms with E-state index in [2.05, 4.69) is 5.32 Å². The lowest BCUT2D eigenvalue weighted by Gasteiger charge is -2.23. The number of thioether (sulfide) groups is 1. The number of anilines is 1. The van der Waals surface area contributed by atoms with Crippen molar-refractivity contribution in [1.82, 2.24) is 0 Å². The van der Waals surface area contributed by atoms with Crippen LogP contribution in [-0.4, -0.2) is 36.4 Å². The zero-order chi connectivity index (χ0) is 15.6. The first-order chi connectivity index (χ1) is 9.83. The molecule has 114 valence electrons. The van der Waals surface area contributed by atoms with Gasteiger partial charge in [-0.1, -0.05) is 6.92 Å². The summed E-state index contributed by atoms with van der Waals surface area (Å²) in [6.45, 7) is 1.91. The van der Waals surface area contributed by atoms with Crippen molar-refractivity contribution >= 4 is 39.2 Å². The monoisotopic (exact) mass is 329 g/mol. The molecule has 2 N–H and O–H groups in total. The highest BCUT2D eigenvalue weighted by Crippen LogP contribution is 2.38. The number of aliphatic carboxylic acids is 1. The molecule has 1 aliphatic rings. The van der Waals surface area contributed by atoms with Gasteiger partial charge in [-0.25, -0.2) is 8.42 Å². The molecule has 0 bridgehead atoms. The fraction of sp³-hybridized carbons (Fsp3) is 0.385. The van der Waals surface area contributed by atoms with Gasteiger partial charge in [0.15, 0.2) is 9.84 Å². The van der Waals surface area contributed by atoms with Gasteiger partial charge < -0.3 is 10.4 Å². The molecule has 0 aliphatic carbocycles. The van der Waals surface area contributed by atoms with Crippen LogP contribution in [0.5, 0.6) is 0 Å². The smallest absolute Gasteiger partial charge is 0.304 e. The zero-order valence-corrected chi connectivity index (χ0v) is 13.0. The van der Waals surface area contributed by atoms with Gasteiger partial charge in [-0.2, -0.15) is 0 Å². The quantitative estimate of drug-likeness (QED) is 0.853. The Hall–Kier alpha value is -1.54. The summed E-state index contributed by atoms with van der Waals surface area (Å²) in [6.07, 6.45) is 0.243. The van der Waals surface area contributed by atoms with Crippen LogP contribution < -0.4 is 5.32 Å². The summed E-state index contributed by atoms with van der Waals surface area (Å²) < 4.78 is 24.1. The van der Waals surface area contributed by atoms with Crippen LogP contribution in [0.15, 0.2) is 28.0 Å². The maximum Gasteiger partial charge on any atom is 0.304 e. The third-order valence-corrected chi connectivity index (χ3v) is 6.24. The SMILES string of the molecule is CC[C@H]1Sc2ccc(S(=O)(=O)CCC(=O)O)cc2NC1=O. The predicted octanol–water partition coefficient (Wildman–Crippen LogP) is 1.76. The molecule has 1 amide bonds. The minimum Gasteiger partial charge on any atom is -0.481 e. The fourth-order valence-corrected chi connectivity index (χ4v) is 4.21. The highest BCUT2D eigenvalue weighted by molar-refractivity contribution is 8.01. The van der Waals surface area contributed by atoms with Crippen LogP contribution in [0.4, 0.5) is 5.69 Å². The number of amides is 1. The minimum atomic E-state index is -3.67. The van der Waals surface area contributed by atoms with E-state index in [9.17, 15) is 18.0 Å². The van der Waals surface area contributed by atoms with Crippen molar-refractivity contribution in [3.8, 4) is 0 Å². The van der Waals surface area contributed by atoms with E-state index in [4.69, 9.17) is 5.11 Å². The molecule has 1 heterocycles. The van der Waals surface area contributed by atoms with Gasteiger partial charge in [0.1, 0.15) is 0 Å². The van der Waals surface area contributed by atoms with Crippen LogP contribution in [0.25, 0.3) is 0 Å². The summed E-state index contributed by atoms with van der Waals surface area (Å²) in [5, 5.41) is 11.1. The second-order valence-corrected chi connectivity index (χ2v) is 7.98. The van der Waals surface area contributed by atoms with E-state index in [-0.39, 0.29) is 16.1 Å². The number of hydrogen-bond donors (Lipinski definition) is 2. The summed E-state index contributed by atoms with van der Waals surface area (Å²) in [6, 6.07) is 4.49. The molecule has 0 saturated heterocycles. The molecular formula is C13H15NO5S2. The van der Waals surface area contributed by atoms with Gasteiger partial charge in [0.05, 0.1) is 28.0 Å². The summed E-state index contributed by atoms with van der Waals surface area (Å²) in [5.41, 5.74) is 0.464. The van der Waals surface area contributed by atoms with Crippen molar-refractivity contribution in [2.24, 2.45) is 0 Å². The molecule has 0 radical (unpaired) electrons. The zero-order valence-electron chi connectivity index (χ0n) is 11.3. The molecule has 1 aromatic carbocycles. The molecule has 0 aromatic heterocycles. The van der Waals surface area contributed by atoms with Gasteiger partial charge in [-0.3, -0.25) is 9.59 Å². The maximum absolute atomic E-state index is 12.0. The molecule has 0 fully saturated rings. The number of fused-ring (bicyclic) bond motifs is 1. The summed E-state index contributed by atoms with van der Waals surface area (Å²) >= 11 is 1.40. The van der Waals surface area contributed by atoms with Crippen LogP contribution in [0.1, 0.15) is 19.8 Å². The largest absolute Gasteiger partial charge is 0.481 e. The van der Waals surface area contributed by atoms with Crippen LogP contribution in [-0.2, 0) is 19.4 Å². The Balaban J connectivity index is 2.28. The van der Waals surface area contributed by atoms with E-state index < -0.39 is 28.0 Å². The normalized spacial score (nSPS) is 18.0. The van der Waals surface area contributed by atoms with Crippen molar-refractivity contribution in [2.45, 2.75) is 34.8 Å².